The molecule has 0 saturated heterocycles. The van der Waals surface area contributed by atoms with Crippen LogP contribution in [-0.2, 0) is 0 Å². The zero-order chi connectivity index (χ0) is 12.8. The molecule has 0 bridgehead atoms. The Labute approximate surface area is 102 Å². The largest absolute Gasteiger partial charge is 0.357 e. The highest BCUT2D eigenvalue weighted by Gasteiger charge is 2.10. The molecule has 0 unspecified atom stereocenters. The number of hydrogen-bond acceptors (Lipinski definition) is 4. The Morgan fingerprint density at radius 3 is 2.59 bits per heavy atom. The molecule has 0 aliphatic carbocycles. The van der Waals surface area contributed by atoms with Crippen LogP contribution < -0.4 is 5.32 Å². The van der Waals surface area contributed by atoms with Crippen molar-refractivity contribution in [2.75, 3.05) is 5.32 Å². The van der Waals surface area contributed by atoms with Gasteiger partial charge in [-0.3, -0.25) is 4.79 Å². The van der Waals surface area contributed by atoms with E-state index in [2.05, 4.69) is 5.32 Å². The smallest absolute Gasteiger partial charge is 0.165 e. The summed E-state index contributed by atoms with van der Waals surface area (Å²) >= 11 is 5.58. The summed E-state index contributed by atoms with van der Waals surface area (Å²) in [4.78, 5) is 10.5. The number of anilines is 1. The molecule has 0 radical (unpaired) electrons. The molecule has 0 heterocycles. The summed E-state index contributed by atoms with van der Waals surface area (Å²) < 4.78 is 13.6. The Morgan fingerprint density at radius 2 is 2.06 bits per heavy atom. The number of carbonyl (C=O) groups is 1. The topological polar surface area (TPSA) is 76.7 Å². The number of nitrogens with zero attached hydrogens (tertiary/aromatic N) is 2. The second-order valence-electron chi connectivity index (χ2n) is 2.87. The molecule has 0 fully saturated rings. The predicted molar refractivity (Wildman–Crippen MR) is 59.7 cm³/mol. The third-order valence-corrected chi connectivity index (χ3v) is 2.24. The molecular weight excluding hydrogens is 245 g/mol. The van der Waals surface area contributed by atoms with Crippen LogP contribution in [0.2, 0.25) is 5.02 Å². The molecule has 1 N–H and O–H groups in total. The maximum atomic E-state index is 13.6. The zero-order valence-electron chi connectivity index (χ0n) is 8.37. The fourth-order valence-electron chi connectivity index (χ4n) is 1.01. The molecule has 0 amide bonds. The van der Waals surface area contributed by atoms with Crippen molar-refractivity contribution in [2.45, 2.75) is 0 Å². The van der Waals surface area contributed by atoms with Crippen LogP contribution >= 0.6 is 11.6 Å². The maximum Gasteiger partial charge on any atom is 0.165 e. The minimum absolute atomic E-state index is 0.0244. The number of allylic oxidation sites excluding steroid dienone is 1. The molecule has 0 saturated carbocycles. The molecule has 0 aliphatic heterocycles. The average molecular weight is 250 g/mol. The molecule has 4 nitrogen and oxygen atoms in total. The number of benzene rings is 1. The molecule has 1 aromatic carbocycles. The number of nitrogens with one attached hydrogen (secondary N) is 1. The highest BCUT2D eigenvalue weighted by molar-refractivity contribution is 6.33. The van der Waals surface area contributed by atoms with E-state index in [9.17, 15) is 9.18 Å². The van der Waals surface area contributed by atoms with E-state index in [1.54, 1.807) is 12.1 Å². The summed E-state index contributed by atoms with van der Waals surface area (Å²) in [6.45, 7) is 0. The van der Waals surface area contributed by atoms with Crippen molar-refractivity contribution in [1.82, 2.24) is 0 Å². The lowest BCUT2D eigenvalue weighted by atomic mass is 10.2. The molecule has 84 valence electrons. The monoisotopic (exact) mass is 249 g/mol. The van der Waals surface area contributed by atoms with Crippen LogP contribution in [0, 0.1) is 28.5 Å². The van der Waals surface area contributed by atoms with Gasteiger partial charge in [-0.25, -0.2) is 4.39 Å². The van der Waals surface area contributed by atoms with Gasteiger partial charge in [0.2, 0.25) is 0 Å². The summed E-state index contributed by atoms with van der Waals surface area (Å²) in [5, 5.41) is 19.0. The number of halogens is 2. The Hall–Kier alpha value is -2.37. The van der Waals surface area contributed by atoms with Gasteiger partial charge >= 0.3 is 0 Å². The summed E-state index contributed by atoms with van der Waals surface area (Å²) in [7, 11) is 0. The number of carbonyl (C=O) groups excluding carboxylic acids is 1. The van der Waals surface area contributed by atoms with Gasteiger partial charge in [-0.2, -0.15) is 10.5 Å². The van der Waals surface area contributed by atoms with Crippen LogP contribution in [0.3, 0.4) is 0 Å². The summed E-state index contributed by atoms with van der Waals surface area (Å²) in [6.07, 6.45) is 1.48. The maximum absolute atomic E-state index is 13.6. The van der Waals surface area contributed by atoms with Crippen molar-refractivity contribution >= 4 is 23.6 Å². The normalized spacial score (nSPS) is 8.71. The van der Waals surface area contributed by atoms with Gasteiger partial charge in [0.1, 0.15) is 17.7 Å². The van der Waals surface area contributed by atoms with Crippen LogP contribution in [0.5, 0.6) is 0 Å². The van der Waals surface area contributed by atoms with E-state index < -0.39 is 5.82 Å². The van der Waals surface area contributed by atoms with Crippen LogP contribution in [0.4, 0.5) is 10.1 Å². The Morgan fingerprint density at radius 1 is 1.41 bits per heavy atom. The van der Waals surface area contributed by atoms with Gasteiger partial charge in [-0.15, -0.1) is 0 Å². The SMILES string of the molecule is N#CC(C#N)=CNc1ccc(C=O)c(Cl)c1F. The second kappa shape index (κ2) is 5.64. The van der Waals surface area contributed by atoms with E-state index in [1.807, 2.05) is 0 Å². The first-order chi connectivity index (χ1) is 8.13. The Bertz CT molecular complexity index is 553. The second-order valence-corrected chi connectivity index (χ2v) is 3.25. The van der Waals surface area contributed by atoms with E-state index in [-0.39, 0.29) is 21.8 Å². The molecule has 1 aromatic rings. The first-order valence-electron chi connectivity index (χ1n) is 4.34. The number of hydrogen-bond donors (Lipinski definition) is 1. The summed E-state index contributed by atoms with van der Waals surface area (Å²) in [5.41, 5.74) is -0.205. The molecule has 0 atom stereocenters. The lowest BCUT2D eigenvalue weighted by Gasteiger charge is -2.05. The van der Waals surface area contributed by atoms with E-state index in [0.29, 0.717) is 6.29 Å². The third-order valence-electron chi connectivity index (χ3n) is 1.85. The van der Waals surface area contributed by atoms with Crippen molar-refractivity contribution in [3.05, 3.63) is 40.3 Å². The van der Waals surface area contributed by atoms with Crippen LogP contribution in [0.15, 0.2) is 23.9 Å². The molecular formula is C11H5ClFN3O. The van der Waals surface area contributed by atoms with E-state index in [0.717, 1.165) is 6.20 Å². The Balaban J connectivity index is 3.08. The molecule has 0 aliphatic rings. The van der Waals surface area contributed by atoms with Gasteiger partial charge in [0, 0.05) is 11.8 Å². The van der Waals surface area contributed by atoms with E-state index >= 15 is 0 Å². The first kappa shape index (κ1) is 12.7. The molecule has 0 aromatic heterocycles. The van der Waals surface area contributed by atoms with Gasteiger partial charge in [0.25, 0.3) is 0 Å². The Kier molecular flexibility index (Phi) is 4.21. The fraction of sp³-hybridized carbons (Fsp3) is 0. The summed E-state index contributed by atoms with van der Waals surface area (Å²) in [6, 6.07) is 5.82. The molecule has 6 heteroatoms. The van der Waals surface area contributed by atoms with Crippen LogP contribution in [0.25, 0.3) is 0 Å². The molecule has 0 spiro atoms. The lowest BCUT2D eigenvalue weighted by molar-refractivity contribution is 0.112. The number of nitriles is 2. The van der Waals surface area contributed by atoms with Gasteiger partial charge in [-0.05, 0) is 12.1 Å². The zero-order valence-corrected chi connectivity index (χ0v) is 9.12. The minimum atomic E-state index is -0.817. The number of rotatable bonds is 3. The van der Waals surface area contributed by atoms with Crippen molar-refractivity contribution in [3.63, 3.8) is 0 Å². The fourth-order valence-corrected chi connectivity index (χ4v) is 1.22. The van der Waals surface area contributed by atoms with E-state index in [4.69, 9.17) is 22.1 Å². The average Bonchev–Trinajstić information content (AvgIpc) is 2.35. The van der Waals surface area contributed by atoms with Crippen molar-refractivity contribution in [2.24, 2.45) is 0 Å². The summed E-state index contributed by atoms with van der Waals surface area (Å²) in [5.74, 6) is -0.817. The van der Waals surface area contributed by atoms with Crippen LogP contribution in [-0.4, -0.2) is 6.29 Å². The highest BCUT2D eigenvalue weighted by atomic mass is 35.5. The lowest BCUT2D eigenvalue weighted by Crippen LogP contribution is -1.96. The van der Waals surface area contributed by atoms with Gasteiger partial charge in [0.05, 0.1) is 10.7 Å². The van der Waals surface area contributed by atoms with E-state index in [1.165, 1.54) is 12.1 Å². The predicted octanol–water partition coefficient (Wildman–Crippen LogP) is 2.63. The molecule has 17 heavy (non-hydrogen) atoms. The van der Waals surface area contributed by atoms with Crippen LogP contribution in [0.1, 0.15) is 10.4 Å². The van der Waals surface area contributed by atoms with Gasteiger partial charge in [-0.1, -0.05) is 11.6 Å². The third kappa shape index (κ3) is 2.81. The molecule has 1 rings (SSSR count). The van der Waals surface area contributed by atoms with Gasteiger partial charge in [0.15, 0.2) is 12.1 Å². The standard InChI is InChI=1S/C11H5ClFN3O/c12-10-8(6-17)1-2-9(11(10)13)16-5-7(3-14)4-15/h1-2,5-6,16H. The quantitative estimate of drug-likeness (QED) is 0.660. The van der Waals surface area contributed by atoms with Crippen molar-refractivity contribution in [1.29, 1.82) is 10.5 Å². The minimum Gasteiger partial charge on any atom is -0.357 e. The van der Waals surface area contributed by atoms with Gasteiger partial charge < -0.3 is 5.32 Å². The highest BCUT2D eigenvalue weighted by Crippen LogP contribution is 2.25. The number of aldehydes is 1. The van der Waals surface area contributed by atoms with Crippen molar-refractivity contribution in [3.8, 4) is 12.1 Å². The first-order valence-corrected chi connectivity index (χ1v) is 4.72. The van der Waals surface area contributed by atoms with Crippen molar-refractivity contribution < 1.29 is 9.18 Å².